The molecule has 4 nitrogen and oxygen atoms in total. The summed E-state index contributed by atoms with van der Waals surface area (Å²) in [5.41, 5.74) is 1.10. The summed E-state index contributed by atoms with van der Waals surface area (Å²) < 4.78 is 18.1. The van der Waals surface area contributed by atoms with E-state index in [4.69, 9.17) is 4.74 Å². The van der Waals surface area contributed by atoms with Crippen LogP contribution in [0.1, 0.15) is 17.3 Å². The predicted octanol–water partition coefficient (Wildman–Crippen LogP) is 2.46. The Labute approximate surface area is 103 Å². The van der Waals surface area contributed by atoms with E-state index in [1.165, 1.54) is 0 Å². The van der Waals surface area contributed by atoms with E-state index in [0.717, 1.165) is 12.3 Å². The average molecular weight is 246 g/mol. The lowest BCUT2D eigenvalue weighted by atomic mass is 10.1. The van der Waals surface area contributed by atoms with Crippen LogP contribution in [0.2, 0.25) is 0 Å². The van der Waals surface area contributed by atoms with Gasteiger partial charge in [-0.2, -0.15) is 0 Å². The summed E-state index contributed by atoms with van der Waals surface area (Å²) in [6, 6.07) is 4.58. The Morgan fingerprint density at radius 2 is 2.28 bits per heavy atom. The zero-order valence-electron chi connectivity index (χ0n) is 9.76. The minimum absolute atomic E-state index is 0.102. The Balaban J connectivity index is 2.51. The Morgan fingerprint density at radius 1 is 1.44 bits per heavy atom. The second kappa shape index (κ2) is 5.35. The van der Waals surface area contributed by atoms with Gasteiger partial charge in [0.25, 0.3) is 0 Å². The molecule has 0 bridgehead atoms. The second-order valence-electron chi connectivity index (χ2n) is 3.51. The molecule has 0 spiro atoms. The van der Waals surface area contributed by atoms with E-state index in [1.54, 1.807) is 31.5 Å². The SMILES string of the molecule is CCOC(=O)c1cc(F)cnc1-c1cccnc1. The number of rotatable bonds is 3. The van der Waals surface area contributed by atoms with Crippen molar-refractivity contribution in [1.29, 1.82) is 0 Å². The van der Waals surface area contributed by atoms with Crippen LogP contribution in [0, 0.1) is 5.82 Å². The standard InChI is InChI=1S/C13H11FN2O2/c1-2-18-13(17)11-6-10(14)8-16-12(11)9-4-3-5-15-7-9/h3-8H,2H2,1H3. The van der Waals surface area contributed by atoms with Crippen LogP contribution >= 0.6 is 0 Å². The maximum Gasteiger partial charge on any atom is 0.340 e. The number of halogens is 1. The molecule has 2 rings (SSSR count). The minimum atomic E-state index is -0.594. The molecule has 0 saturated carbocycles. The summed E-state index contributed by atoms with van der Waals surface area (Å²) in [5, 5.41) is 0. The third kappa shape index (κ3) is 2.51. The van der Waals surface area contributed by atoms with Gasteiger partial charge >= 0.3 is 5.97 Å². The quantitative estimate of drug-likeness (QED) is 0.780. The third-order valence-electron chi connectivity index (χ3n) is 2.28. The molecular weight excluding hydrogens is 235 g/mol. The summed E-state index contributed by atoms with van der Waals surface area (Å²) in [7, 11) is 0. The number of aromatic nitrogens is 2. The molecule has 0 fully saturated rings. The average Bonchev–Trinajstić information content (AvgIpc) is 2.40. The number of pyridine rings is 2. The lowest BCUT2D eigenvalue weighted by Gasteiger charge is -2.07. The van der Waals surface area contributed by atoms with Gasteiger partial charge in [0.05, 0.1) is 24.1 Å². The molecule has 0 unspecified atom stereocenters. The van der Waals surface area contributed by atoms with Crippen LogP contribution in [0.5, 0.6) is 0 Å². The fourth-order valence-electron chi connectivity index (χ4n) is 1.54. The lowest BCUT2D eigenvalue weighted by molar-refractivity contribution is 0.0526. The first-order valence-electron chi connectivity index (χ1n) is 5.45. The van der Waals surface area contributed by atoms with Crippen molar-refractivity contribution in [2.45, 2.75) is 6.92 Å². The van der Waals surface area contributed by atoms with Crippen molar-refractivity contribution in [3.8, 4) is 11.3 Å². The van der Waals surface area contributed by atoms with Crippen LogP contribution in [0.15, 0.2) is 36.8 Å². The van der Waals surface area contributed by atoms with E-state index in [2.05, 4.69) is 9.97 Å². The summed E-state index contributed by atoms with van der Waals surface area (Å²) in [4.78, 5) is 19.6. The van der Waals surface area contributed by atoms with Crippen molar-refractivity contribution in [2.75, 3.05) is 6.61 Å². The van der Waals surface area contributed by atoms with Crippen LogP contribution in [-0.4, -0.2) is 22.5 Å². The van der Waals surface area contributed by atoms with Crippen molar-refractivity contribution in [3.05, 3.63) is 48.2 Å². The number of nitrogens with zero attached hydrogens (tertiary/aromatic N) is 2. The molecule has 0 aliphatic heterocycles. The Kier molecular flexibility index (Phi) is 3.62. The Morgan fingerprint density at radius 3 is 2.94 bits per heavy atom. The first-order valence-corrected chi connectivity index (χ1v) is 5.45. The topological polar surface area (TPSA) is 52.1 Å². The smallest absolute Gasteiger partial charge is 0.340 e. The fraction of sp³-hybridized carbons (Fsp3) is 0.154. The maximum absolute atomic E-state index is 13.2. The summed E-state index contributed by atoms with van der Waals surface area (Å²) in [6.45, 7) is 1.91. The molecule has 5 heteroatoms. The van der Waals surface area contributed by atoms with E-state index < -0.39 is 11.8 Å². The normalized spacial score (nSPS) is 10.1. The number of hydrogen-bond acceptors (Lipinski definition) is 4. The number of hydrogen-bond donors (Lipinski definition) is 0. The third-order valence-corrected chi connectivity index (χ3v) is 2.28. The number of esters is 1. The van der Waals surface area contributed by atoms with Gasteiger partial charge in [0.15, 0.2) is 0 Å². The largest absolute Gasteiger partial charge is 0.462 e. The van der Waals surface area contributed by atoms with Gasteiger partial charge < -0.3 is 4.74 Å². The molecule has 0 atom stereocenters. The molecule has 2 heterocycles. The van der Waals surface area contributed by atoms with E-state index in [0.29, 0.717) is 11.3 Å². The van der Waals surface area contributed by atoms with Crippen LogP contribution in [0.3, 0.4) is 0 Å². The van der Waals surface area contributed by atoms with Crippen molar-refractivity contribution < 1.29 is 13.9 Å². The minimum Gasteiger partial charge on any atom is -0.462 e. The zero-order valence-corrected chi connectivity index (χ0v) is 9.76. The monoisotopic (exact) mass is 246 g/mol. The molecule has 92 valence electrons. The highest BCUT2D eigenvalue weighted by Gasteiger charge is 2.16. The number of carbonyl (C=O) groups is 1. The molecular formula is C13H11FN2O2. The van der Waals surface area contributed by atoms with E-state index in [1.807, 2.05) is 0 Å². The first-order chi connectivity index (χ1) is 8.72. The van der Waals surface area contributed by atoms with Gasteiger partial charge in [0, 0.05) is 18.0 Å². The molecule has 0 saturated heterocycles. The molecule has 0 radical (unpaired) electrons. The molecule has 2 aromatic rings. The van der Waals surface area contributed by atoms with Gasteiger partial charge in [-0.15, -0.1) is 0 Å². The van der Waals surface area contributed by atoms with Crippen molar-refractivity contribution in [3.63, 3.8) is 0 Å². The lowest BCUT2D eigenvalue weighted by Crippen LogP contribution is -2.08. The van der Waals surface area contributed by atoms with Crippen molar-refractivity contribution in [1.82, 2.24) is 9.97 Å². The highest BCUT2D eigenvalue weighted by molar-refractivity contribution is 5.95. The Hall–Kier alpha value is -2.30. The summed E-state index contributed by atoms with van der Waals surface area (Å²) in [5.74, 6) is -1.17. The van der Waals surface area contributed by atoms with Gasteiger partial charge in [-0.05, 0) is 25.1 Å². The van der Waals surface area contributed by atoms with E-state index in [9.17, 15) is 9.18 Å². The Bertz CT molecular complexity index is 558. The van der Waals surface area contributed by atoms with Crippen LogP contribution in [0.25, 0.3) is 11.3 Å². The number of ether oxygens (including phenoxy) is 1. The van der Waals surface area contributed by atoms with E-state index in [-0.39, 0.29) is 12.2 Å². The van der Waals surface area contributed by atoms with Crippen molar-refractivity contribution in [2.24, 2.45) is 0 Å². The van der Waals surface area contributed by atoms with Crippen LogP contribution in [0.4, 0.5) is 4.39 Å². The molecule has 0 amide bonds. The van der Waals surface area contributed by atoms with Gasteiger partial charge in [-0.1, -0.05) is 0 Å². The fourth-order valence-corrected chi connectivity index (χ4v) is 1.54. The molecule has 18 heavy (non-hydrogen) atoms. The van der Waals surface area contributed by atoms with Gasteiger partial charge in [-0.3, -0.25) is 9.97 Å². The van der Waals surface area contributed by atoms with Crippen LogP contribution in [-0.2, 0) is 4.74 Å². The highest BCUT2D eigenvalue weighted by atomic mass is 19.1. The van der Waals surface area contributed by atoms with E-state index >= 15 is 0 Å². The molecule has 2 aromatic heterocycles. The number of carbonyl (C=O) groups excluding carboxylic acids is 1. The molecule has 0 aliphatic rings. The maximum atomic E-state index is 13.2. The summed E-state index contributed by atoms with van der Waals surface area (Å²) in [6.07, 6.45) is 4.23. The molecule has 0 aromatic carbocycles. The molecule has 0 N–H and O–H groups in total. The highest BCUT2D eigenvalue weighted by Crippen LogP contribution is 2.21. The zero-order chi connectivity index (χ0) is 13.0. The van der Waals surface area contributed by atoms with Crippen LogP contribution < -0.4 is 0 Å². The molecule has 0 aliphatic carbocycles. The predicted molar refractivity (Wildman–Crippen MR) is 63.4 cm³/mol. The second-order valence-corrected chi connectivity index (χ2v) is 3.51. The van der Waals surface area contributed by atoms with Gasteiger partial charge in [0.2, 0.25) is 0 Å². The summed E-state index contributed by atoms with van der Waals surface area (Å²) >= 11 is 0. The van der Waals surface area contributed by atoms with Gasteiger partial charge in [-0.25, -0.2) is 9.18 Å². The van der Waals surface area contributed by atoms with Gasteiger partial charge in [0.1, 0.15) is 5.82 Å². The van der Waals surface area contributed by atoms with Crippen molar-refractivity contribution >= 4 is 5.97 Å². The first kappa shape index (κ1) is 12.2.